The van der Waals surface area contributed by atoms with Gasteiger partial charge in [-0.05, 0) is 6.92 Å². The van der Waals surface area contributed by atoms with Gasteiger partial charge in [-0.15, -0.1) is 0 Å². The molecule has 0 heterocycles. The molecule has 0 N–H and O–H groups in total. The second kappa shape index (κ2) is 3.83. The number of methoxy groups -OCH3 is 1. The topological polar surface area (TPSA) is 38.7 Å². The van der Waals surface area contributed by atoms with E-state index >= 15 is 0 Å². The van der Waals surface area contributed by atoms with E-state index in [0.29, 0.717) is 11.3 Å². The maximum atomic E-state index is 13.1. The second-order valence-corrected chi connectivity index (χ2v) is 2.46. The Morgan fingerprint density at radius 3 is 2.77 bits per heavy atom. The highest BCUT2D eigenvalue weighted by Crippen LogP contribution is 2.26. The van der Waals surface area contributed by atoms with E-state index in [0.717, 1.165) is 6.07 Å². The van der Waals surface area contributed by atoms with Crippen molar-refractivity contribution in [3.63, 3.8) is 0 Å². The first-order chi connectivity index (χ1) is 6.19. The molecule has 1 aromatic carbocycles. The molecular weight excluding hydrogens is 173 g/mol. The molecule has 0 radical (unpaired) electrons. The molecule has 0 fully saturated rings. The van der Waals surface area contributed by atoms with Crippen LogP contribution in [0.3, 0.4) is 0 Å². The first-order valence-corrected chi connectivity index (χ1v) is 3.61. The van der Waals surface area contributed by atoms with Gasteiger partial charge < -0.3 is 4.74 Å². The van der Waals surface area contributed by atoms with Gasteiger partial charge in [-0.25, -0.2) is 9.18 Å². The van der Waals surface area contributed by atoms with Crippen LogP contribution in [0.1, 0.15) is 5.56 Å². The van der Waals surface area contributed by atoms with Gasteiger partial charge in [0.05, 0.1) is 12.8 Å². The lowest BCUT2D eigenvalue weighted by atomic mass is 10.2. The van der Waals surface area contributed by atoms with Crippen LogP contribution in [0.15, 0.2) is 17.1 Å². The minimum Gasteiger partial charge on any atom is -0.496 e. The zero-order chi connectivity index (χ0) is 9.84. The number of aliphatic imine (C=N–C) groups is 1. The van der Waals surface area contributed by atoms with Gasteiger partial charge in [0, 0.05) is 17.7 Å². The van der Waals surface area contributed by atoms with Crippen molar-refractivity contribution in [2.24, 2.45) is 4.99 Å². The molecule has 0 atom stereocenters. The summed E-state index contributed by atoms with van der Waals surface area (Å²) in [4.78, 5) is 13.2. The highest BCUT2D eigenvalue weighted by Gasteiger charge is 2.06. The molecule has 0 unspecified atom stereocenters. The van der Waals surface area contributed by atoms with Crippen LogP contribution in [0.4, 0.5) is 10.1 Å². The molecule has 0 aliphatic rings. The van der Waals surface area contributed by atoms with Gasteiger partial charge in [-0.1, -0.05) is 0 Å². The van der Waals surface area contributed by atoms with Crippen molar-refractivity contribution < 1.29 is 13.9 Å². The van der Waals surface area contributed by atoms with Crippen LogP contribution in [0.2, 0.25) is 0 Å². The Morgan fingerprint density at radius 2 is 2.23 bits per heavy atom. The molecule has 0 amide bonds. The zero-order valence-corrected chi connectivity index (χ0v) is 7.30. The number of nitrogens with zero attached hydrogens (tertiary/aromatic N) is 1. The molecular formula is C9H8FNO2. The summed E-state index contributed by atoms with van der Waals surface area (Å²) < 4.78 is 18.0. The van der Waals surface area contributed by atoms with E-state index in [1.54, 1.807) is 6.92 Å². The molecule has 0 spiro atoms. The van der Waals surface area contributed by atoms with Gasteiger partial charge in [0.1, 0.15) is 11.6 Å². The molecule has 1 rings (SSSR count). The maximum absolute atomic E-state index is 13.1. The van der Waals surface area contributed by atoms with Crippen molar-refractivity contribution in [1.29, 1.82) is 0 Å². The van der Waals surface area contributed by atoms with E-state index in [2.05, 4.69) is 4.99 Å². The molecule has 0 aromatic heterocycles. The molecule has 0 saturated carbocycles. The van der Waals surface area contributed by atoms with Gasteiger partial charge in [-0.3, -0.25) is 0 Å². The molecule has 68 valence electrons. The van der Waals surface area contributed by atoms with Gasteiger partial charge in [0.15, 0.2) is 0 Å². The summed E-state index contributed by atoms with van der Waals surface area (Å²) in [6.45, 7) is 1.59. The highest BCUT2D eigenvalue weighted by molar-refractivity contribution is 5.54. The van der Waals surface area contributed by atoms with Crippen molar-refractivity contribution in [3.05, 3.63) is 23.5 Å². The summed E-state index contributed by atoms with van der Waals surface area (Å²) in [5.41, 5.74) is 0.599. The standard InChI is InChI=1S/C9H8FNO2/c1-6-8(10)3-7(11-5-12)4-9(6)13-2/h3-4H,1-2H3. The van der Waals surface area contributed by atoms with E-state index < -0.39 is 5.82 Å². The second-order valence-electron chi connectivity index (χ2n) is 2.46. The molecule has 0 saturated heterocycles. The van der Waals surface area contributed by atoms with E-state index in [1.807, 2.05) is 0 Å². The molecule has 0 aliphatic carbocycles. The van der Waals surface area contributed by atoms with Crippen molar-refractivity contribution >= 4 is 11.8 Å². The van der Waals surface area contributed by atoms with Crippen LogP contribution in [0.25, 0.3) is 0 Å². The largest absolute Gasteiger partial charge is 0.496 e. The third kappa shape index (κ3) is 1.92. The van der Waals surface area contributed by atoms with Crippen molar-refractivity contribution in [2.75, 3.05) is 7.11 Å². The number of isocyanates is 1. The average molecular weight is 181 g/mol. The number of hydrogen-bond donors (Lipinski definition) is 0. The number of carbonyl (C=O) groups excluding carboxylic acids is 1. The Morgan fingerprint density at radius 1 is 1.54 bits per heavy atom. The Bertz CT molecular complexity index is 370. The fourth-order valence-electron chi connectivity index (χ4n) is 0.969. The Hall–Kier alpha value is -1.67. The summed E-state index contributed by atoms with van der Waals surface area (Å²) in [7, 11) is 1.43. The number of benzene rings is 1. The highest BCUT2D eigenvalue weighted by atomic mass is 19.1. The smallest absolute Gasteiger partial charge is 0.240 e. The molecule has 1 aromatic rings. The van der Waals surface area contributed by atoms with Gasteiger partial charge >= 0.3 is 0 Å². The predicted molar refractivity (Wildman–Crippen MR) is 45.5 cm³/mol. The van der Waals surface area contributed by atoms with Crippen molar-refractivity contribution in [2.45, 2.75) is 6.92 Å². The molecule has 13 heavy (non-hydrogen) atoms. The lowest BCUT2D eigenvalue weighted by molar-refractivity contribution is 0.407. The van der Waals surface area contributed by atoms with E-state index in [9.17, 15) is 9.18 Å². The van der Waals surface area contributed by atoms with Gasteiger partial charge in [-0.2, -0.15) is 4.99 Å². The maximum Gasteiger partial charge on any atom is 0.240 e. The number of rotatable bonds is 2. The monoisotopic (exact) mass is 181 g/mol. The van der Waals surface area contributed by atoms with E-state index in [4.69, 9.17) is 4.74 Å². The Kier molecular flexibility index (Phi) is 2.77. The number of hydrogen-bond acceptors (Lipinski definition) is 3. The predicted octanol–water partition coefficient (Wildman–Crippen LogP) is 2.11. The molecule has 3 nitrogen and oxygen atoms in total. The van der Waals surface area contributed by atoms with Crippen LogP contribution in [0, 0.1) is 12.7 Å². The molecule has 4 heteroatoms. The summed E-state index contributed by atoms with van der Waals surface area (Å²) in [5.74, 6) is -0.0812. The van der Waals surface area contributed by atoms with Crippen LogP contribution < -0.4 is 4.74 Å². The normalized spacial score (nSPS) is 9.15. The Balaban J connectivity index is 3.29. The summed E-state index contributed by atoms with van der Waals surface area (Å²) in [6, 6.07) is 2.63. The van der Waals surface area contributed by atoms with Crippen molar-refractivity contribution in [1.82, 2.24) is 0 Å². The zero-order valence-electron chi connectivity index (χ0n) is 7.30. The third-order valence-corrected chi connectivity index (χ3v) is 1.68. The van der Waals surface area contributed by atoms with Crippen LogP contribution in [0.5, 0.6) is 5.75 Å². The van der Waals surface area contributed by atoms with Gasteiger partial charge in [0.2, 0.25) is 6.08 Å². The van der Waals surface area contributed by atoms with Crippen molar-refractivity contribution in [3.8, 4) is 5.75 Å². The lowest BCUT2D eigenvalue weighted by Gasteiger charge is -2.05. The summed E-state index contributed by atoms with van der Waals surface area (Å²) in [5, 5.41) is 0. The third-order valence-electron chi connectivity index (χ3n) is 1.68. The molecule has 0 aliphatic heterocycles. The van der Waals surface area contributed by atoms with Gasteiger partial charge in [0.25, 0.3) is 0 Å². The minimum absolute atomic E-state index is 0.204. The average Bonchev–Trinajstić information content (AvgIpc) is 2.11. The van der Waals surface area contributed by atoms with E-state index in [-0.39, 0.29) is 5.69 Å². The fourth-order valence-corrected chi connectivity index (χ4v) is 0.969. The quantitative estimate of drug-likeness (QED) is 0.517. The van der Waals surface area contributed by atoms with Crippen LogP contribution >= 0.6 is 0 Å². The van der Waals surface area contributed by atoms with E-state index in [1.165, 1.54) is 19.3 Å². The first kappa shape index (κ1) is 9.42. The summed E-state index contributed by atoms with van der Waals surface area (Å²) >= 11 is 0. The SMILES string of the molecule is COc1cc(N=C=O)cc(F)c1C. The fraction of sp³-hybridized carbons (Fsp3) is 0.222. The van der Waals surface area contributed by atoms with Crippen LogP contribution in [-0.2, 0) is 4.79 Å². The minimum atomic E-state index is -0.451. The first-order valence-electron chi connectivity index (χ1n) is 3.61. The summed E-state index contributed by atoms with van der Waals surface area (Å²) in [6.07, 6.45) is 1.33. The lowest BCUT2D eigenvalue weighted by Crippen LogP contribution is -1.90. The number of halogens is 1. The molecule has 0 bridgehead atoms. The number of ether oxygens (including phenoxy) is 1. The Labute approximate surface area is 74.9 Å². The van der Waals surface area contributed by atoms with Crippen LogP contribution in [-0.4, -0.2) is 13.2 Å².